The number of fused-ring (bicyclic) bond motifs is 7. The molecule has 0 spiro atoms. The van der Waals surface area contributed by atoms with Gasteiger partial charge in [0.15, 0.2) is 5.58 Å². The van der Waals surface area contributed by atoms with Crippen LogP contribution in [0, 0.1) is 0 Å². The third-order valence-electron chi connectivity index (χ3n) is 9.89. The summed E-state index contributed by atoms with van der Waals surface area (Å²) in [7, 11) is 0. The minimum absolute atomic E-state index is 0.823. The van der Waals surface area contributed by atoms with Gasteiger partial charge in [0.25, 0.3) is 0 Å². The lowest BCUT2D eigenvalue weighted by Crippen LogP contribution is -2.11. The highest BCUT2D eigenvalue weighted by Crippen LogP contribution is 2.49. The first kappa shape index (κ1) is 29.1. The molecule has 0 aliphatic carbocycles. The fourth-order valence-electron chi connectivity index (χ4n) is 7.48. The van der Waals surface area contributed by atoms with E-state index >= 15 is 0 Å². The second-order valence-electron chi connectivity index (χ2n) is 12.9. The Balaban J connectivity index is 1.26. The first-order chi connectivity index (χ1) is 25.3. The largest absolute Gasteiger partial charge is 0.456 e. The van der Waals surface area contributed by atoms with Crippen molar-refractivity contribution in [2.24, 2.45) is 0 Å². The average Bonchev–Trinajstić information content (AvgIpc) is 3.78. The van der Waals surface area contributed by atoms with E-state index in [1.165, 1.54) is 22.3 Å². The van der Waals surface area contributed by atoms with Crippen LogP contribution in [0.2, 0.25) is 0 Å². The van der Waals surface area contributed by atoms with Crippen LogP contribution in [0.3, 0.4) is 0 Å². The first-order valence-corrected chi connectivity index (χ1v) is 17.3. The molecule has 3 nitrogen and oxygen atoms in total. The maximum atomic E-state index is 7.00. The molecule has 240 valence electrons. The number of nitrogens with zero attached hydrogens (tertiary/aromatic N) is 1. The van der Waals surface area contributed by atoms with Crippen LogP contribution in [0.15, 0.2) is 197 Å². The van der Waals surface area contributed by atoms with E-state index in [1.807, 2.05) is 24.3 Å². The molecule has 0 fully saturated rings. The fourth-order valence-corrected chi connectivity index (χ4v) is 7.48. The van der Waals surface area contributed by atoms with Gasteiger partial charge in [-0.15, -0.1) is 0 Å². The van der Waals surface area contributed by atoms with Gasteiger partial charge in [0.05, 0.1) is 5.69 Å². The molecule has 10 rings (SSSR count). The second kappa shape index (κ2) is 11.9. The number of furan rings is 2. The zero-order chi connectivity index (χ0) is 33.7. The molecule has 0 bridgehead atoms. The fraction of sp³-hybridized carbons (Fsp3) is 0. The van der Waals surface area contributed by atoms with E-state index < -0.39 is 0 Å². The van der Waals surface area contributed by atoms with Crippen LogP contribution in [0.1, 0.15) is 0 Å². The van der Waals surface area contributed by atoms with Crippen LogP contribution in [-0.2, 0) is 0 Å². The highest BCUT2D eigenvalue weighted by atomic mass is 16.3. The molecule has 10 aromatic rings. The Kier molecular flexibility index (Phi) is 6.81. The van der Waals surface area contributed by atoms with Crippen LogP contribution in [-0.4, -0.2) is 0 Å². The minimum atomic E-state index is 0.823. The lowest BCUT2D eigenvalue weighted by atomic mass is 9.96. The van der Waals surface area contributed by atoms with Crippen LogP contribution >= 0.6 is 0 Å². The molecule has 0 aliphatic rings. The number of para-hydroxylation sites is 2. The summed E-state index contributed by atoms with van der Waals surface area (Å²) in [5, 5.41) is 4.27. The van der Waals surface area contributed by atoms with E-state index in [0.29, 0.717) is 0 Å². The number of hydrogen-bond donors (Lipinski definition) is 0. The third kappa shape index (κ3) is 4.90. The predicted molar refractivity (Wildman–Crippen MR) is 212 cm³/mol. The van der Waals surface area contributed by atoms with Crippen molar-refractivity contribution in [2.75, 3.05) is 4.90 Å². The molecule has 0 unspecified atom stereocenters. The van der Waals surface area contributed by atoms with Crippen molar-refractivity contribution in [3.05, 3.63) is 188 Å². The molecule has 3 heteroatoms. The first-order valence-electron chi connectivity index (χ1n) is 17.3. The molecule has 0 N–H and O–H groups in total. The van der Waals surface area contributed by atoms with Gasteiger partial charge in [0.2, 0.25) is 0 Å². The summed E-state index contributed by atoms with van der Waals surface area (Å²) in [5.41, 5.74) is 13.3. The molecule has 51 heavy (non-hydrogen) atoms. The zero-order valence-electron chi connectivity index (χ0n) is 27.7. The van der Waals surface area contributed by atoms with Gasteiger partial charge in [-0.05, 0) is 76.3 Å². The molecular weight excluding hydrogens is 623 g/mol. The average molecular weight is 654 g/mol. The molecule has 2 aromatic heterocycles. The summed E-state index contributed by atoms with van der Waals surface area (Å²) in [6.45, 7) is 0. The van der Waals surface area contributed by atoms with Crippen molar-refractivity contribution in [2.45, 2.75) is 0 Å². The van der Waals surface area contributed by atoms with Gasteiger partial charge in [-0.2, -0.15) is 0 Å². The lowest BCUT2D eigenvalue weighted by Gasteiger charge is -2.28. The van der Waals surface area contributed by atoms with Gasteiger partial charge >= 0.3 is 0 Å². The Bertz CT molecular complexity index is 2820. The summed E-state index contributed by atoms with van der Waals surface area (Å²) in [6, 6.07) is 66.1. The number of benzene rings is 8. The molecule has 0 aliphatic heterocycles. The minimum Gasteiger partial charge on any atom is -0.456 e. The Morgan fingerprint density at radius 2 is 0.804 bits per heavy atom. The quantitative estimate of drug-likeness (QED) is 0.179. The van der Waals surface area contributed by atoms with Crippen molar-refractivity contribution in [1.29, 1.82) is 0 Å². The normalized spacial score (nSPS) is 11.5. The van der Waals surface area contributed by atoms with E-state index in [4.69, 9.17) is 8.83 Å². The topological polar surface area (TPSA) is 29.5 Å². The number of rotatable bonds is 6. The van der Waals surface area contributed by atoms with Crippen LogP contribution < -0.4 is 4.90 Å². The second-order valence-corrected chi connectivity index (χ2v) is 12.9. The summed E-state index contributed by atoms with van der Waals surface area (Å²) in [6.07, 6.45) is 0. The predicted octanol–water partition coefficient (Wildman–Crippen LogP) is 14.0. The van der Waals surface area contributed by atoms with Crippen molar-refractivity contribution in [1.82, 2.24) is 0 Å². The summed E-state index contributed by atoms with van der Waals surface area (Å²) in [5.74, 6) is 0. The maximum Gasteiger partial charge on any atom is 0.160 e. The van der Waals surface area contributed by atoms with Gasteiger partial charge in [0, 0.05) is 38.5 Å². The molecule has 0 atom stereocenters. The molecule has 0 saturated carbocycles. The SMILES string of the molecule is c1ccc(-c2ccc(-c3ccc4c(oc5ccc6oc7ccccc7c6c54)c3N(c3ccccc3)c3ccc(-c4ccccc4)cc3)cc2)cc1. The molecule has 8 aromatic carbocycles. The van der Waals surface area contributed by atoms with Crippen LogP contribution in [0.25, 0.3) is 77.3 Å². The van der Waals surface area contributed by atoms with Crippen LogP contribution in [0.4, 0.5) is 17.1 Å². The van der Waals surface area contributed by atoms with Crippen molar-refractivity contribution >= 4 is 60.9 Å². The van der Waals surface area contributed by atoms with E-state index in [2.05, 4.69) is 169 Å². The number of anilines is 3. The van der Waals surface area contributed by atoms with Gasteiger partial charge in [-0.1, -0.05) is 140 Å². The van der Waals surface area contributed by atoms with Crippen molar-refractivity contribution in [3.63, 3.8) is 0 Å². The Labute approximate surface area is 295 Å². The zero-order valence-corrected chi connectivity index (χ0v) is 27.7. The summed E-state index contributed by atoms with van der Waals surface area (Å²) < 4.78 is 13.3. The molecule has 0 radical (unpaired) electrons. The smallest absolute Gasteiger partial charge is 0.160 e. The van der Waals surface area contributed by atoms with E-state index in [0.717, 1.165) is 72.1 Å². The van der Waals surface area contributed by atoms with Crippen molar-refractivity contribution < 1.29 is 8.83 Å². The molecular formula is C48H31NO2. The monoisotopic (exact) mass is 653 g/mol. The highest BCUT2D eigenvalue weighted by molar-refractivity contribution is 6.27. The summed E-state index contributed by atoms with van der Waals surface area (Å²) >= 11 is 0. The van der Waals surface area contributed by atoms with Gasteiger partial charge in [0.1, 0.15) is 16.7 Å². The van der Waals surface area contributed by atoms with Gasteiger partial charge in [-0.3, -0.25) is 0 Å². The molecule has 0 amide bonds. The Morgan fingerprint density at radius 3 is 1.47 bits per heavy atom. The van der Waals surface area contributed by atoms with Crippen molar-refractivity contribution in [3.8, 4) is 33.4 Å². The Hall–Kier alpha value is -6.84. The van der Waals surface area contributed by atoms with E-state index in [-0.39, 0.29) is 0 Å². The van der Waals surface area contributed by atoms with E-state index in [9.17, 15) is 0 Å². The maximum absolute atomic E-state index is 7.00. The van der Waals surface area contributed by atoms with E-state index in [1.54, 1.807) is 0 Å². The van der Waals surface area contributed by atoms with Gasteiger partial charge in [-0.25, -0.2) is 0 Å². The third-order valence-corrected chi connectivity index (χ3v) is 9.89. The number of hydrogen-bond acceptors (Lipinski definition) is 3. The Morgan fingerprint density at radius 1 is 0.314 bits per heavy atom. The highest BCUT2D eigenvalue weighted by Gasteiger charge is 2.25. The lowest BCUT2D eigenvalue weighted by molar-refractivity contribution is 0.663. The van der Waals surface area contributed by atoms with Crippen LogP contribution in [0.5, 0.6) is 0 Å². The summed E-state index contributed by atoms with van der Waals surface area (Å²) in [4.78, 5) is 2.34. The standard InChI is InChI=1S/C48H31NO2/c1-4-12-32(13-5-1)34-20-22-36(23-21-34)39-28-29-41-46-44(31-30-43-45(46)40-18-10-11-19-42(40)50-43)51-48(41)47(39)49(37-16-8-3-9-17-37)38-26-24-35(25-27-38)33-14-6-2-7-15-33/h1-31H. The molecule has 0 saturated heterocycles. The molecule has 2 heterocycles. The van der Waals surface area contributed by atoms with Gasteiger partial charge < -0.3 is 13.7 Å².